The Labute approximate surface area is 253 Å². The number of esters is 5. The SMILES string of the molecule is CC(=O)OCC12C(OC(C)=O)CC(C)C(C)(CC(OC(=O)C(C)C)C3=CC(=O)OC3)C1C(OC(=O)C(C)C)CCC21CO1. The highest BCUT2D eigenvalue weighted by molar-refractivity contribution is 5.85. The van der Waals surface area contributed by atoms with Gasteiger partial charge in [-0.2, -0.15) is 0 Å². The van der Waals surface area contributed by atoms with Crippen molar-refractivity contribution in [3.8, 4) is 0 Å². The Morgan fingerprint density at radius 1 is 1.02 bits per heavy atom. The van der Waals surface area contributed by atoms with Gasteiger partial charge in [0.15, 0.2) is 0 Å². The van der Waals surface area contributed by atoms with E-state index in [4.69, 9.17) is 28.4 Å². The quantitative estimate of drug-likeness (QED) is 0.204. The maximum absolute atomic E-state index is 13.1. The Bertz CT molecular complexity index is 1170. The molecule has 11 nitrogen and oxygen atoms in total. The van der Waals surface area contributed by atoms with Crippen molar-refractivity contribution in [3.63, 3.8) is 0 Å². The molecule has 0 N–H and O–H groups in total. The number of cyclic esters (lactones) is 1. The molecule has 2 heterocycles. The van der Waals surface area contributed by atoms with Crippen LogP contribution in [0.5, 0.6) is 0 Å². The number of hydrogen-bond acceptors (Lipinski definition) is 11. The second-order valence-corrected chi connectivity index (χ2v) is 13.6. The maximum atomic E-state index is 13.1. The lowest BCUT2D eigenvalue weighted by Gasteiger charge is -2.64. The molecule has 0 bridgehead atoms. The third-order valence-electron chi connectivity index (χ3n) is 10.1. The number of hydrogen-bond donors (Lipinski definition) is 0. The molecule has 2 saturated carbocycles. The largest absolute Gasteiger partial charge is 0.465 e. The van der Waals surface area contributed by atoms with E-state index in [2.05, 4.69) is 6.92 Å². The lowest BCUT2D eigenvalue weighted by Crippen LogP contribution is -2.71. The van der Waals surface area contributed by atoms with E-state index in [1.54, 1.807) is 27.7 Å². The molecular weight excluding hydrogens is 560 g/mol. The number of ether oxygens (including phenoxy) is 6. The normalized spacial score (nSPS) is 35.5. The third-order valence-corrected chi connectivity index (χ3v) is 10.1. The van der Waals surface area contributed by atoms with Gasteiger partial charge in [0.05, 0.1) is 23.9 Å². The highest BCUT2D eigenvalue weighted by atomic mass is 16.6. The average Bonchev–Trinajstić information content (AvgIpc) is 3.57. The smallest absolute Gasteiger partial charge is 0.331 e. The molecule has 2 aliphatic heterocycles. The summed E-state index contributed by atoms with van der Waals surface area (Å²) in [5, 5.41) is 0. The summed E-state index contributed by atoms with van der Waals surface area (Å²) in [5.74, 6) is -3.76. The first-order valence-electron chi connectivity index (χ1n) is 15.3. The van der Waals surface area contributed by atoms with Gasteiger partial charge in [-0.25, -0.2) is 4.79 Å². The lowest BCUT2D eigenvalue weighted by molar-refractivity contribution is -0.260. The van der Waals surface area contributed by atoms with E-state index in [1.165, 1.54) is 19.9 Å². The Hall–Kier alpha value is -2.95. The Balaban J connectivity index is 1.89. The number of carbonyl (C=O) groups is 5. The van der Waals surface area contributed by atoms with Crippen molar-refractivity contribution >= 4 is 29.8 Å². The molecule has 43 heavy (non-hydrogen) atoms. The van der Waals surface area contributed by atoms with E-state index in [0.717, 1.165) is 0 Å². The molecule has 0 aromatic rings. The van der Waals surface area contributed by atoms with Crippen LogP contribution < -0.4 is 0 Å². The fraction of sp³-hybridized carbons (Fsp3) is 0.781. The molecule has 8 unspecified atom stereocenters. The fourth-order valence-electron chi connectivity index (χ4n) is 7.63. The molecule has 0 amide bonds. The van der Waals surface area contributed by atoms with Crippen LogP contribution >= 0.6 is 0 Å². The zero-order valence-electron chi connectivity index (χ0n) is 26.6. The van der Waals surface area contributed by atoms with E-state index >= 15 is 0 Å². The summed E-state index contributed by atoms with van der Waals surface area (Å²) in [5.41, 5.74) is -2.03. The van der Waals surface area contributed by atoms with Crippen molar-refractivity contribution in [2.75, 3.05) is 19.8 Å². The van der Waals surface area contributed by atoms with Crippen molar-refractivity contribution in [2.45, 2.75) is 105 Å². The van der Waals surface area contributed by atoms with Gasteiger partial charge in [-0.1, -0.05) is 41.5 Å². The molecule has 0 aromatic heterocycles. The van der Waals surface area contributed by atoms with Crippen LogP contribution in [0.25, 0.3) is 0 Å². The lowest BCUT2D eigenvalue weighted by atomic mass is 9.42. The summed E-state index contributed by atoms with van der Waals surface area (Å²) in [6.07, 6.45) is 0.901. The maximum Gasteiger partial charge on any atom is 0.331 e. The predicted molar refractivity (Wildman–Crippen MR) is 151 cm³/mol. The Morgan fingerprint density at radius 2 is 1.67 bits per heavy atom. The van der Waals surface area contributed by atoms with Crippen LogP contribution in [0.15, 0.2) is 11.6 Å². The minimum Gasteiger partial charge on any atom is -0.465 e. The van der Waals surface area contributed by atoms with Crippen molar-refractivity contribution in [1.29, 1.82) is 0 Å². The molecule has 0 aromatic carbocycles. The standard InChI is InChI=1S/C32H46O11/c1-17(2)28(36)42-23-9-10-31(15-40-31)32(16-39-20(6)33)25(41-21(7)34)11-19(5)30(8,27(23)32)13-24(43-29(37)18(3)4)22-12-26(35)38-14-22/h12,17-19,23-25,27H,9-11,13-16H2,1-8H3. The molecule has 240 valence electrons. The van der Waals surface area contributed by atoms with Crippen molar-refractivity contribution in [1.82, 2.24) is 0 Å². The van der Waals surface area contributed by atoms with Gasteiger partial charge in [-0.15, -0.1) is 0 Å². The Kier molecular flexibility index (Phi) is 9.36. The first-order chi connectivity index (χ1) is 20.1. The monoisotopic (exact) mass is 606 g/mol. The van der Waals surface area contributed by atoms with Crippen molar-refractivity contribution in [2.24, 2.45) is 34.5 Å². The Morgan fingerprint density at radius 3 is 2.19 bits per heavy atom. The minimum absolute atomic E-state index is 0.00250. The molecule has 4 rings (SSSR count). The summed E-state index contributed by atoms with van der Waals surface area (Å²) < 4.78 is 35.5. The van der Waals surface area contributed by atoms with Crippen LogP contribution in [0.3, 0.4) is 0 Å². The molecule has 2 aliphatic carbocycles. The van der Waals surface area contributed by atoms with Crippen molar-refractivity contribution < 1.29 is 52.4 Å². The summed E-state index contributed by atoms with van der Waals surface area (Å²) in [4.78, 5) is 63.0. The summed E-state index contributed by atoms with van der Waals surface area (Å²) in [6.45, 7) is 14.0. The molecular formula is C32H46O11. The van der Waals surface area contributed by atoms with E-state index in [-0.39, 0.29) is 37.4 Å². The van der Waals surface area contributed by atoms with Crippen molar-refractivity contribution in [3.05, 3.63) is 11.6 Å². The average molecular weight is 607 g/mol. The summed E-state index contributed by atoms with van der Waals surface area (Å²) >= 11 is 0. The fourth-order valence-corrected chi connectivity index (χ4v) is 7.63. The van der Waals surface area contributed by atoms with Crippen LogP contribution in [-0.4, -0.2) is 73.6 Å². The van der Waals surface area contributed by atoms with Gasteiger partial charge in [0.2, 0.25) is 0 Å². The zero-order valence-corrected chi connectivity index (χ0v) is 26.6. The first-order valence-corrected chi connectivity index (χ1v) is 15.3. The van der Waals surface area contributed by atoms with Gasteiger partial charge in [0.1, 0.15) is 37.1 Å². The molecule has 1 saturated heterocycles. The molecule has 8 atom stereocenters. The van der Waals surface area contributed by atoms with Crippen LogP contribution in [0.4, 0.5) is 0 Å². The molecule has 11 heteroatoms. The predicted octanol–water partition coefficient (Wildman–Crippen LogP) is 3.70. The van der Waals surface area contributed by atoms with E-state index in [1.807, 2.05) is 6.92 Å². The van der Waals surface area contributed by atoms with Gasteiger partial charge in [-0.3, -0.25) is 19.2 Å². The molecule has 1 spiro atoms. The highest BCUT2D eigenvalue weighted by Gasteiger charge is 2.77. The van der Waals surface area contributed by atoms with Gasteiger partial charge < -0.3 is 28.4 Å². The minimum atomic E-state index is -1.06. The zero-order chi connectivity index (χ0) is 31.9. The van der Waals surface area contributed by atoms with Crippen LogP contribution in [-0.2, 0) is 52.4 Å². The van der Waals surface area contributed by atoms with Gasteiger partial charge in [0, 0.05) is 31.4 Å². The van der Waals surface area contributed by atoms with E-state index < -0.39 is 70.5 Å². The van der Waals surface area contributed by atoms with Crippen LogP contribution in [0.2, 0.25) is 0 Å². The van der Waals surface area contributed by atoms with E-state index in [0.29, 0.717) is 31.4 Å². The topological polar surface area (TPSA) is 144 Å². The number of rotatable bonds is 10. The van der Waals surface area contributed by atoms with Crippen LogP contribution in [0, 0.1) is 34.5 Å². The highest BCUT2D eigenvalue weighted by Crippen LogP contribution is 2.70. The second kappa shape index (κ2) is 12.2. The van der Waals surface area contributed by atoms with E-state index in [9.17, 15) is 24.0 Å². The van der Waals surface area contributed by atoms with Gasteiger partial charge >= 0.3 is 29.8 Å². The second-order valence-electron chi connectivity index (χ2n) is 13.6. The third kappa shape index (κ3) is 6.19. The summed E-state index contributed by atoms with van der Waals surface area (Å²) in [6, 6.07) is 0. The van der Waals surface area contributed by atoms with Crippen LogP contribution in [0.1, 0.15) is 81.1 Å². The molecule has 3 fully saturated rings. The first kappa shape index (κ1) is 33.0. The van der Waals surface area contributed by atoms with Gasteiger partial charge in [0.25, 0.3) is 0 Å². The van der Waals surface area contributed by atoms with Gasteiger partial charge in [-0.05, 0) is 37.0 Å². The molecule has 0 radical (unpaired) electrons. The number of carbonyl (C=O) groups excluding carboxylic acids is 5. The number of epoxide rings is 1. The number of fused-ring (bicyclic) bond motifs is 2. The molecule has 4 aliphatic rings. The summed E-state index contributed by atoms with van der Waals surface area (Å²) in [7, 11) is 0.